The molecule has 0 amide bonds. The van der Waals surface area contributed by atoms with E-state index in [1.165, 1.54) is 25.6 Å². The van der Waals surface area contributed by atoms with Crippen molar-refractivity contribution >= 4 is 11.6 Å². The second-order valence-electron chi connectivity index (χ2n) is 4.92. The summed E-state index contributed by atoms with van der Waals surface area (Å²) in [6.07, 6.45) is 7.85. The molecule has 0 aromatic carbocycles. The van der Waals surface area contributed by atoms with Crippen molar-refractivity contribution in [2.75, 3.05) is 0 Å². The maximum atomic E-state index is 6.11. The van der Waals surface area contributed by atoms with Crippen LogP contribution in [0.15, 0.2) is 6.33 Å². The highest BCUT2D eigenvalue weighted by atomic mass is 35.5. The van der Waals surface area contributed by atoms with Crippen LogP contribution in [0.25, 0.3) is 0 Å². The average molecular weight is 255 g/mol. The summed E-state index contributed by atoms with van der Waals surface area (Å²) in [6.45, 7) is 4.16. The highest BCUT2D eigenvalue weighted by molar-refractivity contribution is 6.30. The Morgan fingerprint density at radius 1 is 1.24 bits per heavy atom. The van der Waals surface area contributed by atoms with Gasteiger partial charge in [-0.2, -0.15) is 0 Å². The first-order valence-electron chi connectivity index (χ1n) is 6.35. The van der Waals surface area contributed by atoms with Gasteiger partial charge in [0.15, 0.2) is 0 Å². The molecule has 2 rings (SSSR count). The summed E-state index contributed by atoms with van der Waals surface area (Å²) >= 11 is 6.11. The quantitative estimate of drug-likeness (QED) is 0.766. The first-order chi connectivity index (χ1) is 8.18. The molecule has 0 N–H and O–H groups in total. The molecule has 0 saturated heterocycles. The van der Waals surface area contributed by atoms with Crippen molar-refractivity contribution in [3.63, 3.8) is 0 Å². The van der Waals surface area contributed by atoms with E-state index in [9.17, 15) is 0 Å². The molecule has 0 spiro atoms. The van der Waals surface area contributed by atoms with Gasteiger partial charge in [0, 0.05) is 0 Å². The van der Waals surface area contributed by atoms with E-state index in [0.717, 1.165) is 18.4 Å². The summed E-state index contributed by atoms with van der Waals surface area (Å²) in [4.78, 5) is 8.27. The van der Waals surface area contributed by atoms with Crippen LogP contribution in [0.3, 0.4) is 0 Å². The predicted octanol–water partition coefficient (Wildman–Crippen LogP) is 3.96. The molecule has 94 valence electrons. The lowest BCUT2D eigenvalue weighted by atomic mass is 9.97. The second kappa shape index (κ2) is 5.67. The standard InChI is InChI=1S/C13H19ClN2O/c1-9(2)11-12(14)15-8-16-13(11)17-10-6-4-3-5-7-10/h8-10H,3-7H2,1-2H3. The zero-order valence-corrected chi connectivity index (χ0v) is 11.2. The lowest BCUT2D eigenvalue weighted by Gasteiger charge is -2.24. The third-order valence-corrected chi connectivity index (χ3v) is 3.51. The maximum absolute atomic E-state index is 6.11. The Balaban J connectivity index is 2.16. The number of nitrogens with zero attached hydrogens (tertiary/aromatic N) is 2. The minimum atomic E-state index is 0.280. The van der Waals surface area contributed by atoms with Crippen LogP contribution in [-0.2, 0) is 0 Å². The van der Waals surface area contributed by atoms with Crippen LogP contribution in [0, 0.1) is 0 Å². The largest absolute Gasteiger partial charge is 0.474 e. The van der Waals surface area contributed by atoms with Gasteiger partial charge in [-0.1, -0.05) is 31.9 Å². The summed E-state index contributed by atoms with van der Waals surface area (Å²) in [5.74, 6) is 0.953. The fourth-order valence-electron chi connectivity index (χ4n) is 2.28. The maximum Gasteiger partial charge on any atom is 0.221 e. The molecule has 17 heavy (non-hydrogen) atoms. The van der Waals surface area contributed by atoms with E-state index in [-0.39, 0.29) is 5.92 Å². The highest BCUT2D eigenvalue weighted by Crippen LogP contribution is 2.32. The molecule has 0 atom stereocenters. The molecular formula is C13H19ClN2O. The van der Waals surface area contributed by atoms with E-state index in [4.69, 9.17) is 16.3 Å². The molecule has 0 unspecified atom stereocenters. The fraction of sp³-hybridized carbons (Fsp3) is 0.692. The predicted molar refractivity (Wildman–Crippen MR) is 68.6 cm³/mol. The van der Waals surface area contributed by atoms with Gasteiger partial charge < -0.3 is 4.74 Å². The first kappa shape index (κ1) is 12.6. The van der Waals surface area contributed by atoms with Crippen molar-refractivity contribution < 1.29 is 4.74 Å². The van der Waals surface area contributed by atoms with Crippen molar-refractivity contribution in [3.05, 3.63) is 17.0 Å². The number of rotatable bonds is 3. The Kier molecular flexibility index (Phi) is 4.21. The van der Waals surface area contributed by atoms with Crippen molar-refractivity contribution in [2.45, 2.75) is 58.0 Å². The van der Waals surface area contributed by atoms with Gasteiger partial charge in [-0.25, -0.2) is 9.97 Å². The van der Waals surface area contributed by atoms with E-state index in [1.807, 2.05) is 0 Å². The van der Waals surface area contributed by atoms with Gasteiger partial charge in [-0.05, 0) is 31.6 Å². The van der Waals surface area contributed by atoms with Gasteiger partial charge in [0.2, 0.25) is 5.88 Å². The van der Waals surface area contributed by atoms with Gasteiger partial charge >= 0.3 is 0 Å². The lowest BCUT2D eigenvalue weighted by molar-refractivity contribution is 0.146. The molecule has 1 saturated carbocycles. The normalized spacial score (nSPS) is 17.4. The third-order valence-electron chi connectivity index (χ3n) is 3.21. The number of hydrogen-bond acceptors (Lipinski definition) is 3. The molecule has 4 heteroatoms. The van der Waals surface area contributed by atoms with Crippen LogP contribution in [-0.4, -0.2) is 16.1 Å². The number of ether oxygens (including phenoxy) is 1. The molecule has 1 aromatic rings. The number of aromatic nitrogens is 2. The lowest BCUT2D eigenvalue weighted by Crippen LogP contribution is -2.21. The van der Waals surface area contributed by atoms with Crippen molar-refractivity contribution in [2.24, 2.45) is 0 Å². The molecule has 0 radical (unpaired) electrons. The Bertz CT molecular complexity index is 376. The monoisotopic (exact) mass is 254 g/mol. The highest BCUT2D eigenvalue weighted by Gasteiger charge is 2.20. The summed E-state index contributed by atoms with van der Waals surface area (Å²) in [5, 5.41) is 0.515. The number of halogens is 1. The van der Waals surface area contributed by atoms with Gasteiger partial charge in [-0.15, -0.1) is 0 Å². The minimum Gasteiger partial charge on any atom is -0.474 e. The zero-order valence-electron chi connectivity index (χ0n) is 10.4. The van der Waals surface area contributed by atoms with Crippen molar-refractivity contribution in [1.29, 1.82) is 0 Å². The van der Waals surface area contributed by atoms with Crippen LogP contribution < -0.4 is 4.74 Å². The zero-order chi connectivity index (χ0) is 12.3. The van der Waals surface area contributed by atoms with Gasteiger partial charge in [0.05, 0.1) is 5.56 Å². The van der Waals surface area contributed by atoms with Crippen molar-refractivity contribution in [1.82, 2.24) is 9.97 Å². The molecule has 1 aliphatic rings. The molecule has 1 aromatic heterocycles. The Morgan fingerprint density at radius 2 is 1.94 bits per heavy atom. The summed E-state index contributed by atoms with van der Waals surface area (Å²) in [5.41, 5.74) is 0.930. The van der Waals surface area contributed by atoms with Crippen molar-refractivity contribution in [3.8, 4) is 5.88 Å². The molecule has 0 bridgehead atoms. The molecule has 3 nitrogen and oxygen atoms in total. The van der Waals surface area contributed by atoms with Crippen LogP contribution in [0.1, 0.15) is 57.4 Å². The molecule has 0 aliphatic heterocycles. The van der Waals surface area contributed by atoms with E-state index in [2.05, 4.69) is 23.8 Å². The van der Waals surface area contributed by atoms with Gasteiger partial charge in [-0.3, -0.25) is 0 Å². The van der Waals surface area contributed by atoms with Crippen LogP contribution in [0.5, 0.6) is 5.88 Å². The summed E-state index contributed by atoms with van der Waals surface area (Å²) < 4.78 is 5.99. The smallest absolute Gasteiger partial charge is 0.221 e. The number of hydrogen-bond donors (Lipinski definition) is 0. The molecule has 1 fully saturated rings. The second-order valence-corrected chi connectivity index (χ2v) is 5.27. The van der Waals surface area contributed by atoms with E-state index < -0.39 is 0 Å². The van der Waals surface area contributed by atoms with E-state index >= 15 is 0 Å². The van der Waals surface area contributed by atoms with Gasteiger partial charge in [0.25, 0.3) is 0 Å². The Morgan fingerprint density at radius 3 is 2.59 bits per heavy atom. The SMILES string of the molecule is CC(C)c1c(Cl)ncnc1OC1CCCCC1. The topological polar surface area (TPSA) is 35.0 Å². The van der Waals surface area contributed by atoms with E-state index in [0.29, 0.717) is 17.1 Å². The molecular weight excluding hydrogens is 236 g/mol. The minimum absolute atomic E-state index is 0.280. The van der Waals surface area contributed by atoms with Gasteiger partial charge in [0.1, 0.15) is 17.6 Å². The van der Waals surface area contributed by atoms with Crippen LogP contribution in [0.2, 0.25) is 5.15 Å². The first-order valence-corrected chi connectivity index (χ1v) is 6.73. The van der Waals surface area contributed by atoms with Crippen LogP contribution >= 0.6 is 11.6 Å². The third kappa shape index (κ3) is 3.09. The molecule has 1 heterocycles. The Hall–Kier alpha value is -0.830. The Labute approximate surface area is 108 Å². The summed E-state index contributed by atoms with van der Waals surface area (Å²) in [6, 6.07) is 0. The van der Waals surface area contributed by atoms with E-state index in [1.54, 1.807) is 0 Å². The fourth-order valence-corrected chi connectivity index (χ4v) is 2.62. The summed E-state index contributed by atoms with van der Waals surface area (Å²) in [7, 11) is 0. The van der Waals surface area contributed by atoms with Crippen LogP contribution in [0.4, 0.5) is 0 Å². The molecule has 1 aliphatic carbocycles. The average Bonchev–Trinajstić information content (AvgIpc) is 2.30.